The van der Waals surface area contributed by atoms with Crippen molar-refractivity contribution in [3.05, 3.63) is 23.8 Å². The van der Waals surface area contributed by atoms with E-state index in [-0.39, 0.29) is 18.4 Å². The number of fused-ring (bicyclic) bond motifs is 1. The predicted octanol–water partition coefficient (Wildman–Crippen LogP) is 0.747. The molecule has 0 aliphatic carbocycles. The highest BCUT2D eigenvalue weighted by Gasteiger charge is 2.17. The Bertz CT molecular complexity index is 502. The lowest BCUT2D eigenvalue weighted by Gasteiger charge is -2.18. The summed E-state index contributed by atoms with van der Waals surface area (Å²) in [5.41, 5.74) is 1.04. The molecule has 1 aliphatic heterocycles. The average molecular weight is 277 g/mol. The van der Waals surface area contributed by atoms with Gasteiger partial charge in [-0.25, -0.2) is 0 Å². The minimum absolute atomic E-state index is 0.0155. The Balaban J connectivity index is 1.90. The molecular weight excluding hydrogens is 258 g/mol. The molecule has 1 aromatic rings. The Morgan fingerprint density at radius 1 is 1.35 bits per heavy atom. The van der Waals surface area contributed by atoms with Crippen LogP contribution < -0.4 is 20.7 Å². The summed E-state index contributed by atoms with van der Waals surface area (Å²) in [6.45, 7) is 4.36. The standard InChI is InChI=1S/C14H19N3O3/c1-2-5-15-6-7-16-14(19)10-3-4-12-11(8-10)17-13(18)9-20-12/h3-4,8,15H,2,5-7,9H2,1H3,(H,16,19)(H,17,18). The minimum atomic E-state index is -0.209. The first-order chi connectivity index (χ1) is 9.70. The van der Waals surface area contributed by atoms with Crippen molar-refractivity contribution in [3.63, 3.8) is 0 Å². The SMILES string of the molecule is CCCNCCNC(=O)c1ccc2c(c1)NC(=O)CO2. The van der Waals surface area contributed by atoms with Crippen LogP contribution in [-0.4, -0.2) is 38.1 Å². The number of hydrogen-bond donors (Lipinski definition) is 3. The average Bonchev–Trinajstić information content (AvgIpc) is 2.46. The largest absolute Gasteiger partial charge is 0.482 e. The van der Waals surface area contributed by atoms with Crippen molar-refractivity contribution < 1.29 is 14.3 Å². The van der Waals surface area contributed by atoms with Crippen LogP contribution in [-0.2, 0) is 4.79 Å². The van der Waals surface area contributed by atoms with Crippen molar-refractivity contribution in [1.82, 2.24) is 10.6 Å². The van der Waals surface area contributed by atoms with Gasteiger partial charge in [-0.2, -0.15) is 0 Å². The molecule has 1 aromatic carbocycles. The molecule has 0 aromatic heterocycles. The Hall–Kier alpha value is -2.08. The number of benzene rings is 1. The Morgan fingerprint density at radius 3 is 3.00 bits per heavy atom. The van der Waals surface area contributed by atoms with Gasteiger partial charge in [0.05, 0.1) is 5.69 Å². The Kier molecular flexibility index (Phi) is 4.95. The van der Waals surface area contributed by atoms with Crippen LogP contribution >= 0.6 is 0 Å². The third-order valence-corrected chi connectivity index (χ3v) is 2.89. The molecule has 0 radical (unpaired) electrons. The van der Waals surface area contributed by atoms with Gasteiger partial charge in [0.15, 0.2) is 6.61 Å². The smallest absolute Gasteiger partial charge is 0.262 e. The van der Waals surface area contributed by atoms with Gasteiger partial charge in [-0.05, 0) is 31.2 Å². The molecule has 1 heterocycles. The molecule has 6 nitrogen and oxygen atoms in total. The van der Waals surface area contributed by atoms with Crippen molar-refractivity contribution in [2.75, 3.05) is 31.6 Å². The fourth-order valence-electron chi connectivity index (χ4n) is 1.89. The van der Waals surface area contributed by atoms with E-state index in [1.165, 1.54) is 0 Å². The topological polar surface area (TPSA) is 79.5 Å². The van der Waals surface area contributed by atoms with Gasteiger partial charge in [0, 0.05) is 18.7 Å². The summed E-state index contributed by atoms with van der Waals surface area (Å²) in [6, 6.07) is 5.01. The molecule has 3 N–H and O–H groups in total. The second-order valence-electron chi connectivity index (χ2n) is 4.55. The van der Waals surface area contributed by atoms with Crippen molar-refractivity contribution in [1.29, 1.82) is 0 Å². The monoisotopic (exact) mass is 277 g/mol. The second-order valence-corrected chi connectivity index (χ2v) is 4.55. The van der Waals surface area contributed by atoms with Crippen LogP contribution in [0.1, 0.15) is 23.7 Å². The Labute approximate surface area is 117 Å². The van der Waals surface area contributed by atoms with Crippen LogP contribution in [0.25, 0.3) is 0 Å². The highest BCUT2D eigenvalue weighted by Crippen LogP contribution is 2.28. The van der Waals surface area contributed by atoms with E-state index in [0.29, 0.717) is 23.5 Å². The van der Waals surface area contributed by atoms with Crippen LogP contribution in [0.15, 0.2) is 18.2 Å². The first kappa shape index (κ1) is 14.3. The van der Waals surface area contributed by atoms with Gasteiger partial charge in [0.1, 0.15) is 5.75 Å². The molecule has 0 fully saturated rings. The first-order valence-electron chi connectivity index (χ1n) is 6.76. The fraction of sp³-hybridized carbons (Fsp3) is 0.429. The molecule has 0 saturated heterocycles. The van der Waals surface area contributed by atoms with Crippen LogP contribution in [0.2, 0.25) is 0 Å². The van der Waals surface area contributed by atoms with E-state index >= 15 is 0 Å². The maximum absolute atomic E-state index is 12.0. The quantitative estimate of drug-likeness (QED) is 0.670. The number of carbonyl (C=O) groups excluding carboxylic acids is 2. The zero-order valence-corrected chi connectivity index (χ0v) is 11.5. The van der Waals surface area contributed by atoms with E-state index in [2.05, 4.69) is 22.9 Å². The van der Waals surface area contributed by atoms with Gasteiger partial charge in [-0.3, -0.25) is 9.59 Å². The molecule has 1 aliphatic rings. The molecule has 0 saturated carbocycles. The molecule has 20 heavy (non-hydrogen) atoms. The molecular formula is C14H19N3O3. The first-order valence-corrected chi connectivity index (χ1v) is 6.76. The van der Waals surface area contributed by atoms with E-state index in [1.54, 1.807) is 18.2 Å². The van der Waals surface area contributed by atoms with Crippen molar-refractivity contribution >= 4 is 17.5 Å². The highest BCUT2D eigenvalue weighted by molar-refractivity contribution is 5.99. The zero-order valence-electron chi connectivity index (χ0n) is 11.5. The molecule has 6 heteroatoms. The normalized spacial score (nSPS) is 13.2. The zero-order chi connectivity index (χ0) is 14.4. The molecule has 0 unspecified atom stereocenters. The lowest BCUT2D eigenvalue weighted by molar-refractivity contribution is -0.118. The molecule has 0 spiro atoms. The number of hydrogen-bond acceptors (Lipinski definition) is 4. The lowest BCUT2D eigenvalue weighted by Crippen LogP contribution is -2.32. The third-order valence-electron chi connectivity index (χ3n) is 2.89. The van der Waals surface area contributed by atoms with Crippen molar-refractivity contribution in [3.8, 4) is 5.75 Å². The number of anilines is 1. The van der Waals surface area contributed by atoms with E-state index < -0.39 is 0 Å². The van der Waals surface area contributed by atoms with Crippen LogP contribution in [0.4, 0.5) is 5.69 Å². The molecule has 108 valence electrons. The van der Waals surface area contributed by atoms with Crippen molar-refractivity contribution in [2.45, 2.75) is 13.3 Å². The number of rotatable bonds is 6. The molecule has 2 amide bonds. The summed E-state index contributed by atoms with van der Waals surface area (Å²) in [4.78, 5) is 23.2. The number of amides is 2. The second kappa shape index (κ2) is 6.91. The van der Waals surface area contributed by atoms with Gasteiger partial charge >= 0.3 is 0 Å². The molecule has 2 rings (SSSR count). The number of ether oxygens (including phenoxy) is 1. The minimum Gasteiger partial charge on any atom is -0.482 e. The summed E-state index contributed by atoms with van der Waals surface area (Å²) in [5.74, 6) is 0.218. The van der Waals surface area contributed by atoms with Gasteiger partial charge < -0.3 is 20.7 Å². The van der Waals surface area contributed by atoms with E-state index in [0.717, 1.165) is 19.5 Å². The number of carbonyl (C=O) groups is 2. The van der Waals surface area contributed by atoms with Gasteiger partial charge in [0.25, 0.3) is 11.8 Å². The summed E-state index contributed by atoms with van der Waals surface area (Å²) < 4.78 is 5.24. The third kappa shape index (κ3) is 3.71. The fourth-order valence-corrected chi connectivity index (χ4v) is 1.89. The van der Waals surface area contributed by atoms with Crippen molar-refractivity contribution in [2.24, 2.45) is 0 Å². The van der Waals surface area contributed by atoms with E-state index in [1.807, 2.05) is 0 Å². The molecule has 0 atom stereocenters. The van der Waals surface area contributed by atoms with E-state index in [4.69, 9.17) is 4.74 Å². The summed E-state index contributed by atoms with van der Waals surface area (Å²) in [7, 11) is 0. The number of nitrogens with one attached hydrogen (secondary N) is 3. The van der Waals surface area contributed by atoms with Gasteiger partial charge in [0.2, 0.25) is 0 Å². The maximum atomic E-state index is 12.0. The summed E-state index contributed by atoms with van der Waals surface area (Å²) >= 11 is 0. The highest BCUT2D eigenvalue weighted by atomic mass is 16.5. The Morgan fingerprint density at radius 2 is 2.20 bits per heavy atom. The molecule has 0 bridgehead atoms. The summed E-state index contributed by atoms with van der Waals surface area (Å²) in [5, 5.41) is 8.71. The van der Waals surface area contributed by atoms with Gasteiger partial charge in [-0.15, -0.1) is 0 Å². The van der Waals surface area contributed by atoms with Gasteiger partial charge in [-0.1, -0.05) is 6.92 Å². The van der Waals surface area contributed by atoms with Crippen LogP contribution in [0, 0.1) is 0 Å². The van der Waals surface area contributed by atoms with E-state index in [9.17, 15) is 9.59 Å². The summed E-state index contributed by atoms with van der Waals surface area (Å²) in [6.07, 6.45) is 1.07. The predicted molar refractivity (Wildman–Crippen MR) is 76.1 cm³/mol. The van der Waals surface area contributed by atoms with Crippen LogP contribution in [0.5, 0.6) is 5.75 Å². The van der Waals surface area contributed by atoms with Crippen LogP contribution in [0.3, 0.4) is 0 Å². The maximum Gasteiger partial charge on any atom is 0.262 e. The lowest BCUT2D eigenvalue weighted by atomic mass is 10.1.